The molecule has 0 unspecified atom stereocenters. The van der Waals surface area contributed by atoms with E-state index >= 15 is 0 Å². The lowest BCUT2D eigenvalue weighted by Crippen LogP contribution is -2.36. The lowest BCUT2D eigenvalue weighted by atomic mass is 10.0. The third-order valence-electron chi connectivity index (χ3n) is 5.09. The summed E-state index contributed by atoms with van der Waals surface area (Å²) in [6.07, 6.45) is 2.24. The maximum Gasteiger partial charge on any atom is 0.257 e. The fraction of sp³-hybridized carbons (Fsp3) is 0.474. The summed E-state index contributed by atoms with van der Waals surface area (Å²) in [5, 5.41) is 0. The minimum Gasteiger partial charge on any atom is -0.491 e. The molecular weight excluding hydrogens is 358 g/mol. The van der Waals surface area contributed by atoms with Crippen LogP contribution in [0, 0.1) is 11.6 Å². The van der Waals surface area contributed by atoms with Gasteiger partial charge in [-0.25, -0.2) is 13.8 Å². The summed E-state index contributed by atoms with van der Waals surface area (Å²) in [7, 11) is 1.16. The number of nitrogens with zero attached hydrogens (tertiary/aromatic N) is 2. The van der Waals surface area contributed by atoms with Crippen molar-refractivity contribution in [1.82, 2.24) is 9.88 Å². The van der Waals surface area contributed by atoms with Gasteiger partial charge in [-0.1, -0.05) is 0 Å². The van der Waals surface area contributed by atoms with Crippen LogP contribution in [-0.4, -0.2) is 42.7 Å². The molecule has 2 aliphatic rings. The number of hydrogen-bond acceptors (Lipinski definition) is 5. The highest BCUT2D eigenvalue weighted by Crippen LogP contribution is 2.31. The van der Waals surface area contributed by atoms with Crippen LogP contribution < -0.4 is 4.74 Å². The van der Waals surface area contributed by atoms with Crippen LogP contribution in [0.1, 0.15) is 46.5 Å². The Morgan fingerprint density at radius 1 is 1.30 bits per heavy atom. The molecule has 0 atom stereocenters. The number of rotatable bonds is 3. The molecule has 1 fully saturated rings. The molecule has 0 bridgehead atoms. The minimum atomic E-state index is -0.989. The standard InChI is InChI=1S/C19H20F2N2O4/c1-25-17-13(20)3-2-12(16(17)21)19(24)23-7-4-15-14(10-23)22-18(27-15)11-5-8-26-9-6-11/h2-3,11H,4-10H2,1H3. The monoisotopic (exact) mass is 378 g/mol. The van der Waals surface area contributed by atoms with Crippen LogP contribution in [0.2, 0.25) is 0 Å². The number of hydrogen-bond donors (Lipinski definition) is 0. The summed E-state index contributed by atoms with van der Waals surface area (Å²) in [6.45, 7) is 2.00. The molecule has 0 aliphatic carbocycles. The summed E-state index contributed by atoms with van der Waals surface area (Å²) >= 11 is 0. The highest BCUT2D eigenvalue weighted by molar-refractivity contribution is 5.95. The lowest BCUT2D eigenvalue weighted by Gasteiger charge is -2.25. The van der Waals surface area contributed by atoms with E-state index in [4.69, 9.17) is 13.9 Å². The van der Waals surface area contributed by atoms with E-state index in [0.29, 0.717) is 37.8 Å². The Kier molecular flexibility index (Phi) is 4.82. The third kappa shape index (κ3) is 3.29. The molecule has 4 rings (SSSR count). The van der Waals surface area contributed by atoms with E-state index < -0.39 is 23.3 Å². The molecule has 0 N–H and O–H groups in total. The van der Waals surface area contributed by atoms with Crippen molar-refractivity contribution < 1.29 is 27.5 Å². The van der Waals surface area contributed by atoms with Gasteiger partial charge in [0.1, 0.15) is 11.5 Å². The summed E-state index contributed by atoms with van der Waals surface area (Å²) in [6, 6.07) is 2.17. The number of benzene rings is 1. The van der Waals surface area contributed by atoms with Crippen LogP contribution in [0.15, 0.2) is 16.5 Å². The van der Waals surface area contributed by atoms with E-state index in [0.717, 1.165) is 37.8 Å². The van der Waals surface area contributed by atoms with Gasteiger partial charge in [0.05, 0.1) is 19.2 Å². The fourth-order valence-corrected chi connectivity index (χ4v) is 3.57. The SMILES string of the molecule is COc1c(F)ccc(C(=O)N2CCc3oc(C4CCOCC4)nc3C2)c1F. The quantitative estimate of drug-likeness (QED) is 0.821. The zero-order valence-electron chi connectivity index (χ0n) is 15.0. The van der Waals surface area contributed by atoms with Gasteiger partial charge in [0, 0.05) is 32.1 Å². The zero-order chi connectivity index (χ0) is 19.0. The molecule has 0 spiro atoms. The van der Waals surface area contributed by atoms with Gasteiger partial charge in [0.2, 0.25) is 0 Å². The van der Waals surface area contributed by atoms with E-state index in [1.165, 1.54) is 4.90 Å². The molecule has 6 nitrogen and oxygen atoms in total. The Hall–Kier alpha value is -2.48. The van der Waals surface area contributed by atoms with Gasteiger partial charge in [0.15, 0.2) is 23.3 Å². The van der Waals surface area contributed by atoms with Crippen molar-refractivity contribution in [3.05, 3.63) is 46.7 Å². The summed E-state index contributed by atoms with van der Waals surface area (Å²) in [4.78, 5) is 18.8. The number of amides is 1. The molecule has 8 heteroatoms. The number of oxazole rings is 1. The summed E-state index contributed by atoms with van der Waals surface area (Å²) in [5.74, 6) is -1.22. The molecule has 2 aromatic rings. The van der Waals surface area contributed by atoms with E-state index in [2.05, 4.69) is 4.98 Å². The second-order valence-corrected chi connectivity index (χ2v) is 6.73. The van der Waals surface area contributed by atoms with Crippen molar-refractivity contribution in [2.24, 2.45) is 0 Å². The first-order chi connectivity index (χ1) is 13.1. The molecule has 1 aromatic carbocycles. The molecule has 144 valence electrons. The minimum absolute atomic E-state index is 0.218. The fourth-order valence-electron chi connectivity index (χ4n) is 3.57. The van der Waals surface area contributed by atoms with Gasteiger partial charge < -0.3 is 18.8 Å². The van der Waals surface area contributed by atoms with Crippen LogP contribution in [0.3, 0.4) is 0 Å². The second kappa shape index (κ2) is 7.26. The first-order valence-corrected chi connectivity index (χ1v) is 8.96. The number of halogens is 2. The van der Waals surface area contributed by atoms with Gasteiger partial charge in [-0.3, -0.25) is 4.79 Å². The smallest absolute Gasteiger partial charge is 0.257 e. The topological polar surface area (TPSA) is 64.8 Å². The van der Waals surface area contributed by atoms with E-state index in [-0.39, 0.29) is 18.0 Å². The van der Waals surface area contributed by atoms with Crippen LogP contribution in [0.4, 0.5) is 8.78 Å². The van der Waals surface area contributed by atoms with E-state index in [1.807, 2.05) is 0 Å². The molecule has 0 saturated carbocycles. The molecule has 0 radical (unpaired) electrons. The van der Waals surface area contributed by atoms with Gasteiger partial charge in [-0.2, -0.15) is 0 Å². The van der Waals surface area contributed by atoms with Gasteiger partial charge >= 0.3 is 0 Å². The third-order valence-corrected chi connectivity index (χ3v) is 5.09. The molecule has 2 aliphatic heterocycles. The van der Waals surface area contributed by atoms with Gasteiger partial charge in [-0.05, 0) is 25.0 Å². The van der Waals surface area contributed by atoms with E-state index in [9.17, 15) is 13.6 Å². The highest BCUT2D eigenvalue weighted by atomic mass is 19.1. The first kappa shape index (κ1) is 17.9. The number of carbonyl (C=O) groups excluding carboxylic acids is 1. The van der Waals surface area contributed by atoms with Crippen LogP contribution in [-0.2, 0) is 17.7 Å². The van der Waals surface area contributed by atoms with Crippen LogP contribution in [0.5, 0.6) is 5.75 Å². The Morgan fingerprint density at radius 3 is 2.81 bits per heavy atom. The lowest BCUT2D eigenvalue weighted by molar-refractivity contribution is 0.0720. The van der Waals surface area contributed by atoms with Crippen molar-refractivity contribution >= 4 is 5.91 Å². The number of fused-ring (bicyclic) bond motifs is 1. The van der Waals surface area contributed by atoms with Gasteiger partial charge in [0.25, 0.3) is 5.91 Å². The van der Waals surface area contributed by atoms with Crippen molar-refractivity contribution in [3.8, 4) is 5.75 Å². The van der Waals surface area contributed by atoms with Crippen LogP contribution >= 0.6 is 0 Å². The Bertz CT molecular complexity index is 862. The maximum absolute atomic E-state index is 14.4. The first-order valence-electron chi connectivity index (χ1n) is 8.96. The highest BCUT2D eigenvalue weighted by Gasteiger charge is 2.31. The Labute approximate surface area is 155 Å². The maximum atomic E-state index is 14.4. The number of carbonyl (C=O) groups is 1. The number of aromatic nitrogens is 1. The summed E-state index contributed by atoms with van der Waals surface area (Å²) < 4.78 is 44.0. The average Bonchev–Trinajstić information content (AvgIpc) is 3.12. The van der Waals surface area contributed by atoms with Crippen molar-refractivity contribution in [1.29, 1.82) is 0 Å². The molecule has 27 heavy (non-hydrogen) atoms. The van der Waals surface area contributed by atoms with Crippen molar-refractivity contribution in [2.45, 2.75) is 31.7 Å². The summed E-state index contributed by atoms with van der Waals surface area (Å²) in [5.41, 5.74) is 0.482. The number of methoxy groups -OCH3 is 1. The van der Waals surface area contributed by atoms with Crippen molar-refractivity contribution in [3.63, 3.8) is 0 Å². The predicted molar refractivity (Wildman–Crippen MR) is 90.7 cm³/mol. The Morgan fingerprint density at radius 2 is 2.07 bits per heavy atom. The molecular formula is C19H20F2N2O4. The Balaban J connectivity index is 1.54. The molecule has 3 heterocycles. The molecule has 1 aromatic heterocycles. The largest absolute Gasteiger partial charge is 0.491 e. The van der Waals surface area contributed by atoms with E-state index in [1.54, 1.807) is 0 Å². The van der Waals surface area contributed by atoms with Crippen molar-refractivity contribution in [2.75, 3.05) is 26.9 Å². The molecule has 1 amide bonds. The zero-order valence-corrected chi connectivity index (χ0v) is 15.0. The average molecular weight is 378 g/mol. The van der Waals surface area contributed by atoms with Crippen LogP contribution in [0.25, 0.3) is 0 Å². The van der Waals surface area contributed by atoms with Gasteiger partial charge in [-0.15, -0.1) is 0 Å². The molecule has 1 saturated heterocycles. The normalized spacial score (nSPS) is 17.7. The second-order valence-electron chi connectivity index (χ2n) is 6.73. The predicted octanol–water partition coefficient (Wildman–Crippen LogP) is 3.05. The number of ether oxygens (including phenoxy) is 2.